The smallest absolute Gasteiger partial charge is 0.269 e. The molecule has 0 bridgehead atoms. The molecule has 1 rings (SSSR count). The third-order valence-corrected chi connectivity index (χ3v) is 2.31. The molecule has 5 heteroatoms. The lowest BCUT2D eigenvalue weighted by Crippen LogP contribution is -2.23. The van der Waals surface area contributed by atoms with Crippen molar-refractivity contribution in [3.63, 3.8) is 0 Å². The number of hydrogen-bond donors (Lipinski definition) is 2. The molecule has 0 aliphatic rings. The van der Waals surface area contributed by atoms with Gasteiger partial charge in [-0.05, 0) is 18.6 Å². The third-order valence-electron chi connectivity index (χ3n) is 2.31. The molecule has 1 aromatic carbocycles. The Morgan fingerprint density at radius 1 is 1.44 bits per heavy atom. The van der Waals surface area contributed by atoms with E-state index in [9.17, 15) is 10.1 Å². The third kappa shape index (κ3) is 3.51. The van der Waals surface area contributed by atoms with Gasteiger partial charge in [0, 0.05) is 23.9 Å². The molecule has 1 aromatic rings. The Bertz CT molecular complexity index is 338. The average molecular weight is 224 g/mol. The average Bonchev–Trinajstić information content (AvgIpc) is 2.29. The number of anilines is 1. The quantitative estimate of drug-likeness (QED) is 0.573. The summed E-state index contributed by atoms with van der Waals surface area (Å²) in [6.45, 7) is 2.10. The number of hydrogen-bond acceptors (Lipinski definition) is 4. The van der Waals surface area contributed by atoms with Crippen molar-refractivity contribution >= 4 is 11.4 Å². The first-order valence-electron chi connectivity index (χ1n) is 5.29. The van der Waals surface area contributed by atoms with Gasteiger partial charge in [0.2, 0.25) is 0 Å². The number of nitro groups is 1. The molecule has 0 saturated carbocycles. The Balaban J connectivity index is 2.63. The van der Waals surface area contributed by atoms with Crippen LogP contribution in [0.15, 0.2) is 24.3 Å². The van der Waals surface area contributed by atoms with E-state index in [1.807, 2.05) is 6.92 Å². The van der Waals surface area contributed by atoms with Gasteiger partial charge in [-0.15, -0.1) is 0 Å². The monoisotopic (exact) mass is 224 g/mol. The molecule has 0 aliphatic carbocycles. The number of nitrogens with one attached hydrogen (secondary N) is 1. The van der Waals surface area contributed by atoms with Crippen LogP contribution < -0.4 is 5.32 Å². The summed E-state index contributed by atoms with van der Waals surface area (Å²) in [4.78, 5) is 10.0. The Morgan fingerprint density at radius 2 is 2.06 bits per heavy atom. The maximum absolute atomic E-state index is 10.4. The fraction of sp³-hybridized carbons (Fsp3) is 0.455. The van der Waals surface area contributed by atoms with E-state index in [0.717, 1.165) is 18.5 Å². The summed E-state index contributed by atoms with van der Waals surface area (Å²) in [6.07, 6.45) is 1.85. The van der Waals surface area contributed by atoms with E-state index in [2.05, 4.69) is 5.32 Å². The zero-order valence-corrected chi connectivity index (χ0v) is 9.22. The Hall–Kier alpha value is -1.62. The summed E-state index contributed by atoms with van der Waals surface area (Å²) in [6, 6.07) is 6.20. The van der Waals surface area contributed by atoms with E-state index in [1.165, 1.54) is 12.1 Å². The summed E-state index contributed by atoms with van der Waals surface area (Å²) < 4.78 is 0. The van der Waals surface area contributed by atoms with Gasteiger partial charge in [0.1, 0.15) is 0 Å². The first kappa shape index (κ1) is 12.4. The first-order valence-corrected chi connectivity index (χ1v) is 5.29. The van der Waals surface area contributed by atoms with Gasteiger partial charge in [-0.25, -0.2) is 0 Å². The van der Waals surface area contributed by atoms with Crippen LogP contribution >= 0.6 is 0 Å². The zero-order chi connectivity index (χ0) is 12.0. The van der Waals surface area contributed by atoms with E-state index in [-0.39, 0.29) is 18.3 Å². The highest BCUT2D eigenvalue weighted by atomic mass is 16.6. The highest BCUT2D eigenvalue weighted by Gasteiger charge is 2.07. The van der Waals surface area contributed by atoms with Crippen LogP contribution in [-0.2, 0) is 0 Å². The zero-order valence-electron chi connectivity index (χ0n) is 9.22. The van der Waals surface area contributed by atoms with Crippen LogP contribution in [0.25, 0.3) is 0 Å². The van der Waals surface area contributed by atoms with Gasteiger partial charge in [0.05, 0.1) is 11.5 Å². The molecule has 1 unspecified atom stereocenters. The van der Waals surface area contributed by atoms with Crippen molar-refractivity contribution in [1.29, 1.82) is 0 Å². The van der Waals surface area contributed by atoms with Crippen LogP contribution in [0.3, 0.4) is 0 Å². The van der Waals surface area contributed by atoms with Crippen LogP contribution in [0.5, 0.6) is 0 Å². The second-order valence-corrected chi connectivity index (χ2v) is 3.62. The van der Waals surface area contributed by atoms with Gasteiger partial charge in [0.25, 0.3) is 5.69 Å². The summed E-state index contributed by atoms with van der Waals surface area (Å²) in [5.74, 6) is 0. The molecule has 0 aliphatic heterocycles. The molecule has 1 atom stereocenters. The molecule has 88 valence electrons. The van der Waals surface area contributed by atoms with Crippen LogP contribution in [0, 0.1) is 10.1 Å². The van der Waals surface area contributed by atoms with Crippen LogP contribution in [-0.4, -0.2) is 22.7 Å². The van der Waals surface area contributed by atoms with Gasteiger partial charge < -0.3 is 10.4 Å². The summed E-state index contributed by atoms with van der Waals surface area (Å²) >= 11 is 0. The van der Waals surface area contributed by atoms with Crippen LogP contribution in [0.4, 0.5) is 11.4 Å². The van der Waals surface area contributed by atoms with Crippen molar-refractivity contribution in [2.24, 2.45) is 0 Å². The Morgan fingerprint density at radius 3 is 2.50 bits per heavy atom. The predicted molar refractivity (Wildman–Crippen MR) is 62.5 cm³/mol. The molecule has 16 heavy (non-hydrogen) atoms. The van der Waals surface area contributed by atoms with E-state index < -0.39 is 4.92 Å². The van der Waals surface area contributed by atoms with Crippen molar-refractivity contribution in [2.75, 3.05) is 11.9 Å². The highest BCUT2D eigenvalue weighted by molar-refractivity contribution is 5.49. The molecule has 0 amide bonds. The molecule has 0 saturated heterocycles. The predicted octanol–water partition coefficient (Wildman–Crippen LogP) is 2.17. The minimum Gasteiger partial charge on any atom is -0.394 e. The van der Waals surface area contributed by atoms with Gasteiger partial charge in [-0.1, -0.05) is 13.3 Å². The number of non-ortho nitro benzene ring substituents is 1. The molecular weight excluding hydrogens is 208 g/mol. The number of benzene rings is 1. The molecule has 0 spiro atoms. The SMILES string of the molecule is CCCC(CO)Nc1ccc([N+](=O)[O-])cc1. The van der Waals surface area contributed by atoms with E-state index >= 15 is 0 Å². The van der Waals surface area contributed by atoms with Crippen molar-refractivity contribution in [2.45, 2.75) is 25.8 Å². The minimum atomic E-state index is -0.431. The highest BCUT2D eigenvalue weighted by Crippen LogP contribution is 2.16. The number of aliphatic hydroxyl groups excluding tert-OH is 1. The molecule has 0 aromatic heterocycles. The van der Waals surface area contributed by atoms with E-state index in [4.69, 9.17) is 5.11 Å². The maximum Gasteiger partial charge on any atom is 0.269 e. The van der Waals surface area contributed by atoms with Crippen molar-refractivity contribution in [3.05, 3.63) is 34.4 Å². The molecular formula is C11H16N2O3. The minimum absolute atomic E-state index is 0.00598. The number of aliphatic hydroxyl groups is 1. The van der Waals surface area contributed by atoms with Crippen LogP contribution in [0.2, 0.25) is 0 Å². The normalized spacial score (nSPS) is 12.1. The Kier molecular flexibility index (Phi) is 4.72. The lowest BCUT2D eigenvalue weighted by Gasteiger charge is -2.16. The molecule has 0 fully saturated rings. The van der Waals surface area contributed by atoms with Gasteiger partial charge in [-0.3, -0.25) is 10.1 Å². The molecule has 0 radical (unpaired) electrons. The van der Waals surface area contributed by atoms with Crippen molar-refractivity contribution in [1.82, 2.24) is 0 Å². The summed E-state index contributed by atoms with van der Waals surface area (Å²) in [5, 5.41) is 22.7. The maximum atomic E-state index is 10.4. The summed E-state index contributed by atoms with van der Waals surface area (Å²) in [7, 11) is 0. The van der Waals surface area contributed by atoms with Crippen LogP contribution in [0.1, 0.15) is 19.8 Å². The molecule has 0 heterocycles. The molecule has 5 nitrogen and oxygen atoms in total. The molecule has 2 N–H and O–H groups in total. The number of nitro benzene ring substituents is 1. The van der Waals surface area contributed by atoms with Gasteiger partial charge in [0.15, 0.2) is 0 Å². The lowest BCUT2D eigenvalue weighted by molar-refractivity contribution is -0.384. The fourth-order valence-corrected chi connectivity index (χ4v) is 1.47. The van der Waals surface area contributed by atoms with E-state index in [0.29, 0.717) is 0 Å². The van der Waals surface area contributed by atoms with Gasteiger partial charge >= 0.3 is 0 Å². The topological polar surface area (TPSA) is 75.4 Å². The number of rotatable bonds is 6. The largest absolute Gasteiger partial charge is 0.394 e. The first-order chi connectivity index (χ1) is 7.67. The standard InChI is InChI=1S/C11H16N2O3/c1-2-3-10(8-14)12-9-4-6-11(7-5-9)13(15)16/h4-7,10,12,14H,2-3,8H2,1H3. The number of nitrogens with zero attached hydrogens (tertiary/aromatic N) is 1. The fourth-order valence-electron chi connectivity index (χ4n) is 1.47. The second kappa shape index (κ2) is 6.07. The van der Waals surface area contributed by atoms with Crippen molar-refractivity contribution < 1.29 is 10.0 Å². The lowest BCUT2D eigenvalue weighted by atomic mass is 10.1. The van der Waals surface area contributed by atoms with Gasteiger partial charge in [-0.2, -0.15) is 0 Å². The Labute approximate surface area is 94.3 Å². The van der Waals surface area contributed by atoms with E-state index in [1.54, 1.807) is 12.1 Å². The van der Waals surface area contributed by atoms with Crippen molar-refractivity contribution in [3.8, 4) is 0 Å². The second-order valence-electron chi connectivity index (χ2n) is 3.62. The summed E-state index contributed by atoms with van der Waals surface area (Å²) in [5.41, 5.74) is 0.861.